The van der Waals surface area contributed by atoms with E-state index >= 15 is 0 Å². The van der Waals surface area contributed by atoms with Crippen molar-refractivity contribution < 1.29 is 5.11 Å². The largest absolute Gasteiger partial charge is 0.392 e. The van der Waals surface area contributed by atoms with Crippen LogP contribution in [0.15, 0.2) is 0 Å². The second kappa shape index (κ2) is 4.69. The van der Waals surface area contributed by atoms with Crippen molar-refractivity contribution in [3.63, 3.8) is 0 Å². The first-order valence-electron chi connectivity index (χ1n) is 3.93. The Morgan fingerprint density at radius 3 is 2.10 bits per heavy atom. The molecule has 0 bridgehead atoms. The van der Waals surface area contributed by atoms with Gasteiger partial charge in [-0.1, -0.05) is 13.8 Å². The molecule has 2 atom stereocenters. The number of aliphatic hydroxyl groups excluding tert-OH is 1. The van der Waals surface area contributed by atoms with Crippen LogP contribution in [-0.2, 0) is 0 Å². The van der Waals surface area contributed by atoms with Gasteiger partial charge in [0.1, 0.15) is 0 Å². The molecule has 0 aromatic heterocycles. The first-order valence-corrected chi connectivity index (χ1v) is 3.93. The molecule has 0 aromatic carbocycles. The van der Waals surface area contributed by atoms with Gasteiger partial charge < -0.3 is 10.4 Å². The average molecular weight is 145 g/mol. The van der Waals surface area contributed by atoms with E-state index in [9.17, 15) is 5.11 Å². The highest BCUT2D eigenvalue weighted by Gasteiger charge is 2.12. The van der Waals surface area contributed by atoms with Gasteiger partial charge in [-0.2, -0.15) is 0 Å². The molecule has 0 radical (unpaired) electrons. The Labute approximate surface area is 63.6 Å². The predicted molar refractivity (Wildman–Crippen MR) is 44.0 cm³/mol. The second-order valence-electron chi connectivity index (χ2n) is 3.27. The van der Waals surface area contributed by atoms with E-state index in [1.165, 1.54) is 0 Å². The summed E-state index contributed by atoms with van der Waals surface area (Å²) in [7, 11) is 1.87. The molecule has 2 heteroatoms. The van der Waals surface area contributed by atoms with Crippen molar-refractivity contribution in [2.75, 3.05) is 7.05 Å². The summed E-state index contributed by atoms with van der Waals surface area (Å²) in [5, 5.41) is 12.4. The van der Waals surface area contributed by atoms with Gasteiger partial charge in [-0.05, 0) is 26.3 Å². The van der Waals surface area contributed by atoms with E-state index in [0.717, 1.165) is 6.42 Å². The molecule has 2 unspecified atom stereocenters. The normalized spacial score (nSPS) is 17.4. The van der Waals surface area contributed by atoms with Crippen LogP contribution in [0.5, 0.6) is 0 Å². The summed E-state index contributed by atoms with van der Waals surface area (Å²) in [6.45, 7) is 6.23. The minimum Gasteiger partial charge on any atom is -0.392 e. The van der Waals surface area contributed by atoms with Gasteiger partial charge in [-0.25, -0.2) is 0 Å². The van der Waals surface area contributed by atoms with Crippen molar-refractivity contribution in [2.24, 2.45) is 5.92 Å². The Morgan fingerprint density at radius 2 is 1.80 bits per heavy atom. The van der Waals surface area contributed by atoms with Crippen LogP contribution in [0.1, 0.15) is 27.2 Å². The quantitative estimate of drug-likeness (QED) is 0.618. The number of rotatable bonds is 4. The molecular weight excluding hydrogens is 126 g/mol. The molecule has 0 saturated heterocycles. The number of hydrogen-bond acceptors (Lipinski definition) is 2. The molecule has 2 nitrogen and oxygen atoms in total. The number of hydrogen-bond donors (Lipinski definition) is 2. The van der Waals surface area contributed by atoms with Crippen molar-refractivity contribution in [1.29, 1.82) is 0 Å². The van der Waals surface area contributed by atoms with Gasteiger partial charge in [-0.3, -0.25) is 0 Å². The lowest BCUT2D eigenvalue weighted by atomic mass is 10.0. The van der Waals surface area contributed by atoms with E-state index in [1.807, 2.05) is 14.0 Å². The summed E-state index contributed by atoms with van der Waals surface area (Å²) in [4.78, 5) is 0. The molecule has 0 spiro atoms. The highest BCUT2D eigenvalue weighted by atomic mass is 16.3. The summed E-state index contributed by atoms with van der Waals surface area (Å²) in [5.74, 6) is 0.575. The molecule has 0 heterocycles. The fourth-order valence-electron chi connectivity index (χ4n) is 0.879. The fourth-order valence-corrected chi connectivity index (χ4v) is 0.879. The van der Waals surface area contributed by atoms with Crippen LogP contribution in [0, 0.1) is 5.92 Å². The monoisotopic (exact) mass is 145 g/mol. The van der Waals surface area contributed by atoms with E-state index in [2.05, 4.69) is 19.2 Å². The Kier molecular flexibility index (Phi) is 4.65. The van der Waals surface area contributed by atoms with Gasteiger partial charge in [-0.15, -0.1) is 0 Å². The van der Waals surface area contributed by atoms with Gasteiger partial charge >= 0.3 is 0 Å². The van der Waals surface area contributed by atoms with Crippen LogP contribution in [0.4, 0.5) is 0 Å². The molecule has 0 amide bonds. The van der Waals surface area contributed by atoms with Crippen LogP contribution in [0.2, 0.25) is 0 Å². The van der Waals surface area contributed by atoms with E-state index < -0.39 is 0 Å². The SMILES string of the molecule is CNC(C)C(O)CC(C)C. The number of likely N-dealkylation sites (N-methyl/N-ethyl adjacent to an activating group) is 1. The highest BCUT2D eigenvalue weighted by molar-refractivity contribution is 4.69. The lowest BCUT2D eigenvalue weighted by Crippen LogP contribution is -2.35. The second-order valence-corrected chi connectivity index (χ2v) is 3.27. The Balaban J connectivity index is 3.50. The zero-order valence-corrected chi connectivity index (χ0v) is 7.39. The van der Waals surface area contributed by atoms with E-state index in [1.54, 1.807) is 0 Å². The zero-order chi connectivity index (χ0) is 8.15. The van der Waals surface area contributed by atoms with Gasteiger partial charge in [0.15, 0.2) is 0 Å². The standard InChI is InChI=1S/C8H19NO/c1-6(2)5-8(10)7(3)9-4/h6-10H,5H2,1-4H3. The van der Waals surface area contributed by atoms with E-state index in [-0.39, 0.29) is 12.1 Å². The Morgan fingerprint density at radius 1 is 1.30 bits per heavy atom. The molecule has 0 aliphatic carbocycles. The molecule has 62 valence electrons. The van der Waals surface area contributed by atoms with Crippen LogP contribution >= 0.6 is 0 Å². The smallest absolute Gasteiger partial charge is 0.0692 e. The molecule has 0 aliphatic heterocycles. The molecule has 0 aliphatic rings. The highest BCUT2D eigenvalue weighted by Crippen LogP contribution is 2.06. The minimum absolute atomic E-state index is 0.204. The first kappa shape index (κ1) is 9.92. The maximum absolute atomic E-state index is 9.43. The van der Waals surface area contributed by atoms with Crippen molar-refractivity contribution in [1.82, 2.24) is 5.32 Å². The summed E-state index contributed by atoms with van der Waals surface area (Å²) in [5.41, 5.74) is 0. The lowest BCUT2D eigenvalue weighted by Gasteiger charge is -2.19. The molecule has 2 N–H and O–H groups in total. The molecule has 10 heavy (non-hydrogen) atoms. The third-order valence-electron chi connectivity index (χ3n) is 1.75. The zero-order valence-electron chi connectivity index (χ0n) is 7.39. The van der Waals surface area contributed by atoms with Gasteiger partial charge in [0, 0.05) is 6.04 Å². The summed E-state index contributed by atoms with van der Waals surface area (Å²) >= 11 is 0. The van der Waals surface area contributed by atoms with Gasteiger partial charge in [0.05, 0.1) is 6.10 Å². The summed E-state index contributed by atoms with van der Waals surface area (Å²) in [6, 6.07) is 0.211. The van der Waals surface area contributed by atoms with Crippen LogP contribution in [0.25, 0.3) is 0 Å². The van der Waals surface area contributed by atoms with Gasteiger partial charge in [0.25, 0.3) is 0 Å². The number of nitrogens with one attached hydrogen (secondary N) is 1. The van der Waals surface area contributed by atoms with Crippen LogP contribution in [0.3, 0.4) is 0 Å². The molecule has 0 rings (SSSR count). The average Bonchev–Trinajstić information content (AvgIpc) is 1.85. The third-order valence-corrected chi connectivity index (χ3v) is 1.75. The van der Waals surface area contributed by atoms with Crippen molar-refractivity contribution in [3.8, 4) is 0 Å². The summed E-state index contributed by atoms with van der Waals surface area (Å²) < 4.78 is 0. The van der Waals surface area contributed by atoms with Gasteiger partial charge in [0.2, 0.25) is 0 Å². The first-order chi connectivity index (χ1) is 4.57. The Bertz CT molecular complexity index is 83.3. The van der Waals surface area contributed by atoms with Crippen molar-refractivity contribution >= 4 is 0 Å². The van der Waals surface area contributed by atoms with Crippen LogP contribution < -0.4 is 5.32 Å². The lowest BCUT2D eigenvalue weighted by molar-refractivity contribution is 0.115. The topological polar surface area (TPSA) is 32.3 Å². The maximum Gasteiger partial charge on any atom is 0.0692 e. The van der Waals surface area contributed by atoms with Crippen molar-refractivity contribution in [2.45, 2.75) is 39.3 Å². The molecule has 0 aromatic rings. The molecular formula is C8H19NO. The van der Waals surface area contributed by atoms with Crippen LogP contribution in [-0.4, -0.2) is 24.3 Å². The van der Waals surface area contributed by atoms with E-state index in [4.69, 9.17) is 0 Å². The van der Waals surface area contributed by atoms with E-state index in [0.29, 0.717) is 5.92 Å². The number of aliphatic hydroxyl groups is 1. The minimum atomic E-state index is -0.204. The van der Waals surface area contributed by atoms with Crippen molar-refractivity contribution in [3.05, 3.63) is 0 Å². The fraction of sp³-hybridized carbons (Fsp3) is 1.00. The molecule has 0 fully saturated rings. The Hall–Kier alpha value is -0.0800. The third kappa shape index (κ3) is 3.85. The molecule has 0 saturated carbocycles. The summed E-state index contributed by atoms with van der Waals surface area (Å²) in [6.07, 6.45) is 0.673. The maximum atomic E-state index is 9.43. The predicted octanol–water partition coefficient (Wildman–Crippen LogP) is 1.00.